The van der Waals surface area contributed by atoms with Crippen LogP contribution in [0.15, 0.2) is 54.6 Å². The Labute approximate surface area is 140 Å². The highest BCUT2D eigenvalue weighted by Gasteiger charge is 2.35. The van der Waals surface area contributed by atoms with Crippen molar-refractivity contribution >= 4 is 5.91 Å². The first-order valence-corrected chi connectivity index (χ1v) is 8.04. The van der Waals surface area contributed by atoms with E-state index in [-0.39, 0.29) is 18.3 Å². The van der Waals surface area contributed by atoms with Crippen LogP contribution < -0.4 is 4.74 Å². The average Bonchev–Trinajstić information content (AvgIpc) is 2.96. The highest BCUT2D eigenvalue weighted by molar-refractivity contribution is 5.77. The van der Waals surface area contributed by atoms with Gasteiger partial charge in [0.05, 0.1) is 13.1 Å². The number of hydrogen-bond acceptors (Lipinski definition) is 3. The number of benzene rings is 2. The van der Waals surface area contributed by atoms with Gasteiger partial charge in [0.2, 0.25) is 5.91 Å². The van der Waals surface area contributed by atoms with E-state index < -0.39 is 12.2 Å². The van der Waals surface area contributed by atoms with Crippen molar-refractivity contribution in [3.63, 3.8) is 0 Å². The van der Waals surface area contributed by atoms with Crippen molar-refractivity contribution in [2.45, 2.75) is 25.0 Å². The lowest BCUT2D eigenvalue weighted by molar-refractivity contribution is -0.130. The van der Waals surface area contributed by atoms with Crippen LogP contribution in [0.2, 0.25) is 0 Å². The van der Waals surface area contributed by atoms with Gasteiger partial charge in [-0.1, -0.05) is 30.3 Å². The number of carbonyl (C=O) groups excluding carboxylic acids is 1. The van der Waals surface area contributed by atoms with Crippen molar-refractivity contribution in [3.05, 3.63) is 66.0 Å². The Hall–Kier alpha value is -2.40. The third kappa shape index (κ3) is 4.11. The van der Waals surface area contributed by atoms with E-state index in [1.165, 1.54) is 12.1 Å². The number of β-amino-alcohol motifs (C(OH)–C–C–N with tert-alkyl or cyclic N) is 1. The van der Waals surface area contributed by atoms with E-state index >= 15 is 0 Å². The van der Waals surface area contributed by atoms with E-state index in [4.69, 9.17) is 4.74 Å². The number of carbonyl (C=O) groups is 1. The first-order valence-electron chi connectivity index (χ1n) is 8.04. The lowest BCUT2D eigenvalue weighted by Gasteiger charge is -2.17. The maximum atomic E-state index is 12.9. The van der Waals surface area contributed by atoms with Crippen molar-refractivity contribution in [1.82, 2.24) is 4.90 Å². The van der Waals surface area contributed by atoms with Crippen LogP contribution in [-0.2, 0) is 11.2 Å². The molecule has 0 saturated carbocycles. The maximum Gasteiger partial charge on any atom is 0.223 e. The third-order valence-electron chi connectivity index (χ3n) is 4.16. The molecular weight excluding hydrogens is 309 g/mol. The van der Waals surface area contributed by atoms with Crippen molar-refractivity contribution in [1.29, 1.82) is 0 Å². The van der Waals surface area contributed by atoms with E-state index in [0.717, 1.165) is 5.56 Å². The molecule has 1 fully saturated rings. The van der Waals surface area contributed by atoms with Gasteiger partial charge in [0, 0.05) is 6.42 Å². The van der Waals surface area contributed by atoms with Gasteiger partial charge >= 0.3 is 0 Å². The van der Waals surface area contributed by atoms with E-state index in [2.05, 4.69) is 0 Å². The van der Waals surface area contributed by atoms with Gasteiger partial charge in [0.25, 0.3) is 0 Å². The number of hydrogen-bond donors (Lipinski definition) is 1. The Morgan fingerprint density at radius 3 is 2.54 bits per heavy atom. The fourth-order valence-corrected chi connectivity index (χ4v) is 2.81. The van der Waals surface area contributed by atoms with E-state index in [1.54, 1.807) is 17.0 Å². The molecule has 1 aliphatic rings. The smallest absolute Gasteiger partial charge is 0.223 e. The summed E-state index contributed by atoms with van der Waals surface area (Å²) >= 11 is 0. The minimum Gasteiger partial charge on any atom is -0.486 e. The number of rotatable bonds is 5. The Balaban J connectivity index is 1.52. The fraction of sp³-hybridized carbons (Fsp3) is 0.316. The number of para-hydroxylation sites is 1. The molecule has 0 bridgehead atoms. The number of halogens is 1. The van der Waals surface area contributed by atoms with Crippen LogP contribution in [0.4, 0.5) is 4.39 Å². The summed E-state index contributed by atoms with van der Waals surface area (Å²) in [5.41, 5.74) is 0.918. The summed E-state index contributed by atoms with van der Waals surface area (Å²) in [6.45, 7) is 0.651. The van der Waals surface area contributed by atoms with Crippen LogP contribution in [0, 0.1) is 5.82 Å². The monoisotopic (exact) mass is 329 g/mol. The molecule has 1 saturated heterocycles. The molecule has 126 valence electrons. The zero-order chi connectivity index (χ0) is 16.9. The number of ether oxygens (including phenoxy) is 1. The molecule has 1 N–H and O–H groups in total. The van der Waals surface area contributed by atoms with Gasteiger partial charge in [0.1, 0.15) is 23.8 Å². The Morgan fingerprint density at radius 1 is 1.12 bits per heavy atom. The van der Waals surface area contributed by atoms with Crippen LogP contribution in [0.25, 0.3) is 0 Å². The second kappa shape index (κ2) is 7.45. The molecule has 3 rings (SSSR count). The number of aryl methyl sites for hydroxylation is 1. The minimum absolute atomic E-state index is 0.0301. The van der Waals surface area contributed by atoms with Crippen molar-refractivity contribution in [2.24, 2.45) is 0 Å². The predicted molar refractivity (Wildman–Crippen MR) is 88.2 cm³/mol. The molecule has 2 aromatic rings. The SMILES string of the molecule is O=C(CCc1ccc(F)cc1)N1C[C@@H](O)[C@H](Oc2ccccc2)C1. The fourth-order valence-electron chi connectivity index (χ4n) is 2.81. The molecule has 1 aliphatic heterocycles. The molecule has 4 nitrogen and oxygen atoms in total. The zero-order valence-electron chi connectivity index (χ0n) is 13.3. The van der Waals surface area contributed by atoms with Crippen LogP contribution >= 0.6 is 0 Å². The Morgan fingerprint density at radius 2 is 1.83 bits per heavy atom. The molecule has 0 radical (unpaired) electrons. The van der Waals surface area contributed by atoms with Crippen molar-refractivity contribution in [3.8, 4) is 5.75 Å². The highest BCUT2D eigenvalue weighted by atomic mass is 19.1. The van der Waals surface area contributed by atoms with Gasteiger partial charge in [-0.25, -0.2) is 4.39 Å². The molecule has 2 aromatic carbocycles. The van der Waals surface area contributed by atoms with Crippen molar-refractivity contribution in [2.75, 3.05) is 13.1 Å². The van der Waals surface area contributed by atoms with E-state index in [1.807, 2.05) is 30.3 Å². The normalized spacial score (nSPS) is 20.2. The largest absolute Gasteiger partial charge is 0.486 e. The van der Waals surface area contributed by atoms with Gasteiger partial charge in [-0.2, -0.15) is 0 Å². The van der Waals surface area contributed by atoms with E-state index in [0.29, 0.717) is 25.1 Å². The molecule has 5 heteroatoms. The van der Waals surface area contributed by atoms with Gasteiger partial charge in [0.15, 0.2) is 0 Å². The molecular formula is C19H20FNO3. The molecule has 1 heterocycles. The lowest BCUT2D eigenvalue weighted by Crippen LogP contribution is -2.31. The van der Waals surface area contributed by atoms with Crippen molar-refractivity contribution < 1.29 is 19.0 Å². The predicted octanol–water partition coefficient (Wildman–Crippen LogP) is 2.41. The maximum absolute atomic E-state index is 12.9. The number of aliphatic hydroxyl groups is 1. The van der Waals surface area contributed by atoms with E-state index in [9.17, 15) is 14.3 Å². The Bertz CT molecular complexity index is 675. The van der Waals surface area contributed by atoms with Gasteiger partial charge < -0.3 is 14.7 Å². The number of likely N-dealkylation sites (tertiary alicyclic amines) is 1. The summed E-state index contributed by atoms with van der Waals surface area (Å²) in [6, 6.07) is 15.4. The van der Waals surface area contributed by atoms with Gasteiger partial charge in [-0.05, 0) is 36.2 Å². The first kappa shape index (κ1) is 16.5. The van der Waals surface area contributed by atoms with Crippen LogP contribution in [0.3, 0.4) is 0 Å². The van der Waals surface area contributed by atoms with Gasteiger partial charge in [-0.3, -0.25) is 4.79 Å². The molecule has 0 unspecified atom stereocenters. The quantitative estimate of drug-likeness (QED) is 0.916. The summed E-state index contributed by atoms with van der Waals surface area (Å²) in [4.78, 5) is 13.9. The summed E-state index contributed by atoms with van der Waals surface area (Å²) in [5.74, 6) is 0.369. The molecule has 0 aromatic heterocycles. The molecule has 2 atom stereocenters. The summed E-state index contributed by atoms with van der Waals surface area (Å²) in [7, 11) is 0. The number of nitrogens with zero attached hydrogens (tertiary/aromatic N) is 1. The average molecular weight is 329 g/mol. The molecule has 0 aliphatic carbocycles. The Kier molecular flexibility index (Phi) is 5.11. The summed E-state index contributed by atoms with van der Waals surface area (Å²) in [5, 5.41) is 10.1. The number of amides is 1. The van der Waals surface area contributed by atoms with Gasteiger partial charge in [-0.15, -0.1) is 0 Å². The lowest BCUT2D eigenvalue weighted by atomic mass is 10.1. The minimum atomic E-state index is -0.694. The topological polar surface area (TPSA) is 49.8 Å². The highest BCUT2D eigenvalue weighted by Crippen LogP contribution is 2.19. The molecule has 24 heavy (non-hydrogen) atoms. The zero-order valence-corrected chi connectivity index (χ0v) is 13.3. The summed E-state index contributed by atoms with van der Waals surface area (Å²) in [6.07, 6.45) is -0.228. The second-order valence-electron chi connectivity index (χ2n) is 5.96. The molecule has 0 spiro atoms. The second-order valence-corrected chi connectivity index (χ2v) is 5.96. The van der Waals surface area contributed by atoms with Crippen LogP contribution in [0.1, 0.15) is 12.0 Å². The standard InChI is InChI=1S/C19H20FNO3/c20-15-9-6-14(7-10-15)8-11-19(23)21-12-17(22)18(13-21)24-16-4-2-1-3-5-16/h1-7,9-10,17-18,22H,8,11-13H2/t17-,18-/m1/s1. The summed E-state index contributed by atoms with van der Waals surface area (Å²) < 4.78 is 18.6. The number of aliphatic hydroxyl groups excluding tert-OH is 1. The third-order valence-corrected chi connectivity index (χ3v) is 4.16. The first-order chi connectivity index (χ1) is 11.6. The molecule has 1 amide bonds. The van der Waals surface area contributed by atoms with Crippen LogP contribution in [0.5, 0.6) is 5.75 Å². The van der Waals surface area contributed by atoms with Crippen LogP contribution in [-0.4, -0.2) is 41.2 Å².